The van der Waals surface area contributed by atoms with Crippen molar-refractivity contribution in [3.8, 4) is 0 Å². The van der Waals surface area contributed by atoms with Crippen LogP contribution in [0.4, 0.5) is 5.69 Å². The number of aryl methyl sites for hydroxylation is 1. The summed E-state index contributed by atoms with van der Waals surface area (Å²) >= 11 is 0. The van der Waals surface area contributed by atoms with Gasteiger partial charge in [-0.3, -0.25) is 4.79 Å². The summed E-state index contributed by atoms with van der Waals surface area (Å²) in [6.07, 6.45) is 6.77. The smallest absolute Gasteiger partial charge is 0.325 e. The van der Waals surface area contributed by atoms with Crippen molar-refractivity contribution in [3.05, 3.63) is 29.3 Å². The van der Waals surface area contributed by atoms with Crippen LogP contribution in [0.1, 0.15) is 43.7 Å². The summed E-state index contributed by atoms with van der Waals surface area (Å²) in [7, 11) is 0. The minimum atomic E-state index is -0.165. The van der Waals surface area contributed by atoms with Gasteiger partial charge in [0, 0.05) is 5.69 Å². The highest BCUT2D eigenvalue weighted by Crippen LogP contribution is 2.27. The van der Waals surface area contributed by atoms with Gasteiger partial charge in [-0.15, -0.1) is 0 Å². The second-order valence-corrected chi connectivity index (χ2v) is 5.08. The van der Waals surface area contributed by atoms with E-state index in [4.69, 9.17) is 4.74 Å². The molecule has 1 aromatic rings. The number of ether oxygens (including phenoxy) is 1. The zero-order valence-corrected chi connectivity index (χ0v) is 11.7. The molecule has 0 fully saturated rings. The molecule has 3 heteroatoms. The molecule has 1 N–H and O–H groups in total. The first-order valence-corrected chi connectivity index (χ1v) is 7.31. The summed E-state index contributed by atoms with van der Waals surface area (Å²) in [6, 6.07) is 6.32. The Morgan fingerprint density at radius 2 is 2.16 bits per heavy atom. The number of benzene rings is 1. The van der Waals surface area contributed by atoms with Crippen LogP contribution in [0.3, 0.4) is 0 Å². The quantitative estimate of drug-likeness (QED) is 0.630. The first kappa shape index (κ1) is 13.9. The molecule has 1 aliphatic rings. The van der Waals surface area contributed by atoms with Crippen LogP contribution in [-0.2, 0) is 22.4 Å². The van der Waals surface area contributed by atoms with E-state index in [9.17, 15) is 4.79 Å². The molecule has 0 aromatic heterocycles. The van der Waals surface area contributed by atoms with Gasteiger partial charge < -0.3 is 10.1 Å². The number of carbonyl (C=O) groups is 1. The van der Waals surface area contributed by atoms with Crippen molar-refractivity contribution in [2.75, 3.05) is 18.5 Å². The van der Waals surface area contributed by atoms with Crippen LogP contribution in [0.15, 0.2) is 18.2 Å². The molecule has 0 saturated heterocycles. The van der Waals surface area contributed by atoms with Gasteiger partial charge in [0.15, 0.2) is 0 Å². The number of rotatable bonds is 6. The van der Waals surface area contributed by atoms with Crippen LogP contribution in [-0.4, -0.2) is 19.1 Å². The van der Waals surface area contributed by atoms with Crippen LogP contribution >= 0.6 is 0 Å². The molecular weight excluding hydrogens is 238 g/mol. The Bertz CT molecular complexity index is 429. The van der Waals surface area contributed by atoms with E-state index in [-0.39, 0.29) is 12.5 Å². The van der Waals surface area contributed by atoms with Crippen LogP contribution in [0.2, 0.25) is 0 Å². The molecule has 19 heavy (non-hydrogen) atoms. The standard InChI is InChI=1S/C16H23NO2/c1-2-3-11-19-16(18)12-17-15-10-6-8-13-7-4-5-9-14(13)15/h6,8,10,17H,2-5,7,9,11-12H2,1H3. The topological polar surface area (TPSA) is 38.3 Å². The van der Waals surface area contributed by atoms with Crippen molar-refractivity contribution in [1.82, 2.24) is 0 Å². The second kappa shape index (κ2) is 7.17. The maximum atomic E-state index is 11.6. The lowest BCUT2D eigenvalue weighted by Gasteiger charge is -2.19. The Morgan fingerprint density at radius 3 is 3.00 bits per heavy atom. The third-order valence-electron chi connectivity index (χ3n) is 3.58. The zero-order valence-electron chi connectivity index (χ0n) is 11.7. The normalized spacial score (nSPS) is 13.7. The van der Waals surface area contributed by atoms with E-state index in [1.807, 2.05) is 0 Å². The van der Waals surface area contributed by atoms with Crippen molar-refractivity contribution in [2.45, 2.75) is 45.4 Å². The maximum Gasteiger partial charge on any atom is 0.325 e. The molecule has 1 aromatic carbocycles. The number of esters is 1. The van der Waals surface area contributed by atoms with Gasteiger partial charge >= 0.3 is 5.97 Å². The number of carbonyl (C=O) groups excluding carboxylic acids is 1. The van der Waals surface area contributed by atoms with E-state index in [1.54, 1.807) is 0 Å². The Hall–Kier alpha value is -1.51. The molecule has 0 radical (unpaired) electrons. The van der Waals surface area contributed by atoms with E-state index in [0.29, 0.717) is 6.61 Å². The molecule has 0 bridgehead atoms. The Balaban J connectivity index is 1.87. The van der Waals surface area contributed by atoms with E-state index in [2.05, 4.69) is 30.4 Å². The van der Waals surface area contributed by atoms with Crippen molar-refractivity contribution in [3.63, 3.8) is 0 Å². The fourth-order valence-electron chi connectivity index (χ4n) is 2.50. The minimum Gasteiger partial charge on any atom is -0.464 e. The summed E-state index contributed by atoms with van der Waals surface area (Å²) in [5, 5.41) is 3.22. The molecule has 0 saturated carbocycles. The summed E-state index contributed by atoms with van der Waals surface area (Å²) in [4.78, 5) is 11.6. The van der Waals surface area contributed by atoms with Crippen molar-refractivity contribution < 1.29 is 9.53 Å². The summed E-state index contributed by atoms with van der Waals surface area (Å²) in [5.74, 6) is -0.165. The number of unbranched alkanes of at least 4 members (excludes halogenated alkanes) is 1. The highest BCUT2D eigenvalue weighted by molar-refractivity contribution is 5.75. The lowest BCUT2D eigenvalue weighted by atomic mass is 9.90. The lowest BCUT2D eigenvalue weighted by molar-refractivity contribution is -0.141. The number of anilines is 1. The number of hydrogen-bond acceptors (Lipinski definition) is 3. The van der Waals surface area contributed by atoms with Crippen LogP contribution < -0.4 is 5.32 Å². The molecule has 0 atom stereocenters. The Morgan fingerprint density at radius 1 is 1.32 bits per heavy atom. The van der Waals surface area contributed by atoms with Gasteiger partial charge in [0.25, 0.3) is 0 Å². The van der Waals surface area contributed by atoms with E-state index in [0.717, 1.165) is 31.4 Å². The molecule has 2 rings (SSSR count). The van der Waals surface area contributed by atoms with Crippen molar-refractivity contribution >= 4 is 11.7 Å². The highest BCUT2D eigenvalue weighted by Gasteiger charge is 2.13. The highest BCUT2D eigenvalue weighted by atomic mass is 16.5. The number of fused-ring (bicyclic) bond motifs is 1. The lowest BCUT2D eigenvalue weighted by Crippen LogP contribution is -2.19. The van der Waals surface area contributed by atoms with Gasteiger partial charge in [0.05, 0.1) is 6.61 Å². The first-order chi connectivity index (χ1) is 9.31. The summed E-state index contributed by atoms with van der Waals surface area (Å²) in [5.41, 5.74) is 3.91. The van der Waals surface area contributed by atoms with E-state index >= 15 is 0 Å². The predicted octanol–water partition coefficient (Wildman–Crippen LogP) is 3.32. The van der Waals surface area contributed by atoms with Gasteiger partial charge in [0.2, 0.25) is 0 Å². The van der Waals surface area contributed by atoms with Gasteiger partial charge in [-0.2, -0.15) is 0 Å². The third-order valence-corrected chi connectivity index (χ3v) is 3.58. The van der Waals surface area contributed by atoms with Gasteiger partial charge in [0.1, 0.15) is 6.54 Å². The maximum absolute atomic E-state index is 11.6. The van der Waals surface area contributed by atoms with Gasteiger partial charge in [-0.25, -0.2) is 0 Å². The molecule has 0 unspecified atom stereocenters. The average Bonchev–Trinajstić information content (AvgIpc) is 2.45. The van der Waals surface area contributed by atoms with Crippen LogP contribution in [0.5, 0.6) is 0 Å². The van der Waals surface area contributed by atoms with E-state index < -0.39 is 0 Å². The largest absolute Gasteiger partial charge is 0.464 e. The van der Waals surface area contributed by atoms with Crippen molar-refractivity contribution in [2.24, 2.45) is 0 Å². The molecule has 0 heterocycles. The fraction of sp³-hybridized carbons (Fsp3) is 0.562. The second-order valence-electron chi connectivity index (χ2n) is 5.08. The Labute approximate surface area is 115 Å². The fourth-order valence-corrected chi connectivity index (χ4v) is 2.50. The molecule has 0 amide bonds. The summed E-state index contributed by atoms with van der Waals surface area (Å²) < 4.78 is 5.15. The first-order valence-electron chi connectivity index (χ1n) is 7.31. The van der Waals surface area contributed by atoms with Crippen LogP contribution in [0, 0.1) is 0 Å². The van der Waals surface area contributed by atoms with Gasteiger partial charge in [-0.05, 0) is 49.3 Å². The zero-order chi connectivity index (χ0) is 13.5. The Kier molecular flexibility index (Phi) is 5.25. The molecule has 1 aliphatic carbocycles. The van der Waals surface area contributed by atoms with Crippen molar-refractivity contribution in [1.29, 1.82) is 0 Å². The third kappa shape index (κ3) is 3.98. The number of hydrogen-bond donors (Lipinski definition) is 1. The molecular formula is C16H23NO2. The predicted molar refractivity (Wildman–Crippen MR) is 77.4 cm³/mol. The summed E-state index contributed by atoms with van der Waals surface area (Å²) in [6.45, 7) is 2.88. The average molecular weight is 261 g/mol. The minimum absolute atomic E-state index is 0.165. The molecule has 0 spiro atoms. The van der Waals surface area contributed by atoms with Gasteiger partial charge in [-0.1, -0.05) is 25.5 Å². The van der Waals surface area contributed by atoms with E-state index in [1.165, 1.54) is 24.0 Å². The SMILES string of the molecule is CCCCOC(=O)CNc1cccc2c1CCCC2. The molecule has 104 valence electrons. The molecule has 0 aliphatic heterocycles. The molecule has 3 nitrogen and oxygen atoms in total. The van der Waals surface area contributed by atoms with Crippen LogP contribution in [0.25, 0.3) is 0 Å². The monoisotopic (exact) mass is 261 g/mol. The number of nitrogens with one attached hydrogen (secondary N) is 1.